The molecule has 136 valence electrons. The SMILES string of the molecule is O=c1n(Cc2ccccc2F)nc2ccc(S(=O)(=O)N3CCCC3)cn12. The largest absolute Gasteiger partial charge is 0.350 e. The van der Waals surface area contributed by atoms with E-state index in [1.807, 2.05) is 0 Å². The standard InChI is InChI=1S/C17H17FN4O3S/c18-15-6-2-1-5-13(15)11-22-17(23)21-12-14(7-8-16(21)19-22)26(24,25)20-9-3-4-10-20/h1-2,5-8,12H,3-4,9-11H2. The third-order valence-electron chi connectivity index (χ3n) is 4.53. The summed E-state index contributed by atoms with van der Waals surface area (Å²) < 4.78 is 42.9. The Labute approximate surface area is 149 Å². The molecule has 3 heterocycles. The van der Waals surface area contributed by atoms with Gasteiger partial charge < -0.3 is 0 Å². The summed E-state index contributed by atoms with van der Waals surface area (Å²) in [5.74, 6) is -0.422. The van der Waals surface area contributed by atoms with Crippen LogP contribution in [0.25, 0.3) is 5.65 Å². The van der Waals surface area contributed by atoms with E-state index in [0.29, 0.717) is 24.3 Å². The molecular formula is C17H17FN4O3S. The van der Waals surface area contributed by atoms with Gasteiger partial charge in [-0.3, -0.25) is 0 Å². The van der Waals surface area contributed by atoms with Crippen LogP contribution >= 0.6 is 0 Å². The van der Waals surface area contributed by atoms with Crippen LogP contribution in [0.2, 0.25) is 0 Å². The van der Waals surface area contributed by atoms with Crippen molar-refractivity contribution in [3.05, 3.63) is 64.5 Å². The Morgan fingerprint density at radius 3 is 2.54 bits per heavy atom. The predicted molar refractivity (Wildman–Crippen MR) is 92.9 cm³/mol. The molecule has 0 atom stereocenters. The zero-order valence-electron chi connectivity index (χ0n) is 13.9. The summed E-state index contributed by atoms with van der Waals surface area (Å²) >= 11 is 0. The van der Waals surface area contributed by atoms with Crippen LogP contribution in [0.1, 0.15) is 18.4 Å². The summed E-state index contributed by atoms with van der Waals surface area (Å²) in [5.41, 5.74) is 0.136. The van der Waals surface area contributed by atoms with Gasteiger partial charge in [0.15, 0.2) is 5.65 Å². The third kappa shape index (κ3) is 2.82. The molecule has 1 fully saturated rings. The highest BCUT2D eigenvalue weighted by molar-refractivity contribution is 7.89. The number of rotatable bonds is 4. The Morgan fingerprint density at radius 2 is 1.81 bits per heavy atom. The van der Waals surface area contributed by atoms with Gasteiger partial charge in [-0.2, -0.15) is 4.31 Å². The normalized spacial score (nSPS) is 15.7. The Hall–Kier alpha value is -2.52. The third-order valence-corrected chi connectivity index (χ3v) is 6.41. The lowest BCUT2D eigenvalue weighted by molar-refractivity contribution is 0.477. The van der Waals surface area contributed by atoms with E-state index in [1.165, 1.54) is 33.1 Å². The molecular weight excluding hydrogens is 359 g/mol. The summed E-state index contributed by atoms with van der Waals surface area (Å²) in [4.78, 5) is 12.6. The summed E-state index contributed by atoms with van der Waals surface area (Å²) in [7, 11) is -3.63. The maximum Gasteiger partial charge on any atom is 0.350 e. The molecule has 0 amide bonds. The van der Waals surface area contributed by atoms with Crippen LogP contribution in [0.4, 0.5) is 4.39 Å². The van der Waals surface area contributed by atoms with Crippen LogP contribution in [0.15, 0.2) is 52.3 Å². The van der Waals surface area contributed by atoms with E-state index < -0.39 is 21.5 Å². The zero-order valence-corrected chi connectivity index (χ0v) is 14.7. The summed E-state index contributed by atoms with van der Waals surface area (Å²) in [5, 5.41) is 4.16. The lowest BCUT2D eigenvalue weighted by Crippen LogP contribution is -2.28. The molecule has 0 saturated carbocycles. The van der Waals surface area contributed by atoms with Gasteiger partial charge in [-0.25, -0.2) is 26.7 Å². The molecule has 1 aliphatic heterocycles. The van der Waals surface area contributed by atoms with Crippen LogP contribution in [0.3, 0.4) is 0 Å². The van der Waals surface area contributed by atoms with E-state index >= 15 is 0 Å². The van der Waals surface area contributed by atoms with Crippen LogP contribution in [0, 0.1) is 5.82 Å². The minimum atomic E-state index is -3.63. The zero-order chi connectivity index (χ0) is 18.3. The van der Waals surface area contributed by atoms with Crippen molar-refractivity contribution in [1.29, 1.82) is 0 Å². The Bertz CT molecular complexity index is 1130. The molecule has 0 bridgehead atoms. The summed E-state index contributed by atoms with van der Waals surface area (Å²) in [6.07, 6.45) is 2.96. The summed E-state index contributed by atoms with van der Waals surface area (Å²) in [6.45, 7) is 0.949. The second-order valence-corrected chi connectivity index (χ2v) is 8.17. The smallest absolute Gasteiger partial charge is 0.249 e. The number of benzene rings is 1. The molecule has 7 nitrogen and oxygen atoms in total. The van der Waals surface area contributed by atoms with Crippen LogP contribution in [0.5, 0.6) is 0 Å². The lowest BCUT2D eigenvalue weighted by atomic mass is 10.2. The van der Waals surface area contributed by atoms with E-state index in [0.717, 1.165) is 17.5 Å². The van der Waals surface area contributed by atoms with Crippen molar-refractivity contribution >= 4 is 15.7 Å². The summed E-state index contributed by atoms with van der Waals surface area (Å²) in [6, 6.07) is 9.08. The van der Waals surface area contributed by atoms with E-state index in [-0.39, 0.29) is 11.4 Å². The van der Waals surface area contributed by atoms with Crippen molar-refractivity contribution in [3.8, 4) is 0 Å². The molecule has 1 saturated heterocycles. The second-order valence-electron chi connectivity index (χ2n) is 6.24. The van der Waals surface area contributed by atoms with Crippen molar-refractivity contribution in [2.45, 2.75) is 24.3 Å². The number of pyridine rings is 1. The number of fused-ring (bicyclic) bond motifs is 1. The Balaban J connectivity index is 1.74. The highest BCUT2D eigenvalue weighted by Gasteiger charge is 2.27. The average Bonchev–Trinajstić information content (AvgIpc) is 3.27. The van der Waals surface area contributed by atoms with E-state index in [2.05, 4.69) is 5.10 Å². The number of sulfonamides is 1. The molecule has 1 aliphatic rings. The Morgan fingerprint density at radius 1 is 1.08 bits per heavy atom. The predicted octanol–water partition coefficient (Wildman–Crippen LogP) is 1.47. The monoisotopic (exact) mass is 376 g/mol. The quantitative estimate of drug-likeness (QED) is 0.691. The fraction of sp³-hybridized carbons (Fsp3) is 0.294. The second kappa shape index (κ2) is 6.33. The lowest BCUT2D eigenvalue weighted by Gasteiger charge is -2.15. The van der Waals surface area contributed by atoms with Gasteiger partial charge in [0.2, 0.25) is 10.0 Å². The van der Waals surface area contributed by atoms with Crippen molar-refractivity contribution in [1.82, 2.24) is 18.5 Å². The molecule has 4 rings (SSSR count). The number of nitrogens with zero attached hydrogens (tertiary/aromatic N) is 4. The van der Waals surface area contributed by atoms with Gasteiger partial charge in [0.1, 0.15) is 5.82 Å². The van der Waals surface area contributed by atoms with Gasteiger partial charge >= 0.3 is 5.69 Å². The molecule has 1 aromatic carbocycles. The highest BCUT2D eigenvalue weighted by atomic mass is 32.2. The number of aromatic nitrogens is 3. The number of hydrogen-bond acceptors (Lipinski definition) is 4. The average molecular weight is 376 g/mol. The fourth-order valence-corrected chi connectivity index (χ4v) is 4.64. The first kappa shape index (κ1) is 16.9. The van der Waals surface area contributed by atoms with Gasteiger partial charge in [-0.15, -0.1) is 5.10 Å². The first-order chi connectivity index (χ1) is 12.5. The van der Waals surface area contributed by atoms with Gasteiger partial charge in [-0.1, -0.05) is 18.2 Å². The van der Waals surface area contributed by atoms with E-state index in [1.54, 1.807) is 18.2 Å². The van der Waals surface area contributed by atoms with Crippen molar-refractivity contribution in [2.75, 3.05) is 13.1 Å². The molecule has 0 N–H and O–H groups in total. The molecule has 0 spiro atoms. The first-order valence-electron chi connectivity index (χ1n) is 8.29. The Kier molecular flexibility index (Phi) is 4.12. The number of hydrogen-bond donors (Lipinski definition) is 0. The minimum Gasteiger partial charge on any atom is -0.249 e. The molecule has 0 radical (unpaired) electrons. The fourth-order valence-electron chi connectivity index (χ4n) is 3.12. The van der Waals surface area contributed by atoms with Crippen molar-refractivity contribution in [3.63, 3.8) is 0 Å². The van der Waals surface area contributed by atoms with Crippen molar-refractivity contribution < 1.29 is 12.8 Å². The maximum absolute atomic E-state index is 13.8. The van der Waals surface area contributed by atoms with Gasteiger partial charge in [0.25, 0.3) is 0 Å². The molecule has 2 aromatic heterocycles. The van der Waals surface area contributed by atoms with Gasteiger partial charge in [0.05, 0.1) is 11.4 Å². The van der Waals surface area contributed by atoms with Crippen molar-refractivity contribution in [2.24, 2.45) is 0 Å². The molecule has 0 unspecified atom stereocenters. The van der Waals surface area contributed by atoms with E-state index in [4.69, 9.17) is 0 Å². The van der Waals surface area contributed by atoms with E-state index in [9.17, 15) is 17.6 Å². The highest BCUT2D eigenvalue weighted by Crippen LogP contribution is 2.20. The molecule has 3 aromatic rings. The maximum atomic E-state index is 13.8. The van der Waals surface area contributed by atoms with Crippen LogP contribution < -0.4 is 5.69 Å². The van der Waals surface area contributed by atoms with Crippen LogP contribution in [-0.2, 0) is 16.6 Å². The topological polar surface area (TPSA) is 76.7 Å². The minimum absolute atomic E-state index is 0.0264. The number of halogens is 1. The molecule has 26 heavy (non-hydrogen) atoms. The van der Waals surface area contributed by atoms with Crippen LogP contribution in [-0.4, -0.2) is 40.0 Å². The molecule has 9 heteroatoms. The van der Waals surface area contributed by atoms with Gasteiger partial charge in [-0.05, 0) is 31.0 Å². The van der Waals surface area contributed by atoms with Gasteiger partial charge in [0, 0.05) is 24.8 Å². The molecule has 0 aliphatic carbocycles. The first-order valence-corrected chi connectivity index (χ1v) is 9.73.